The van der Waals surface area contributed by atoms with E-state index in [1.807, 2.05) is 0 Å². The standard InChI is InChI=1S/C9H11NO3S/c1-7(9(11)12)10-14(13)8-5-3-2-4-6-8/h2-7,10H,1H3,(H,11,12)/t7-,14?/m0/s1. The summed E-state index contributed by atoms with van der Waals surface area (Å²) in [6.45, 7) is 1.45. The fourth-order valence-corrected chi connectivity index (χ4v) is 1.79. The Balaban J connectivity index is 2.59. The van der Waals surface area contributed by atoms with Gasteiger partial charge in [-0.3, -0.25) is 4.79 Å². The molecule has 2 atom stereocenters. The van der Waals surface area contributed by atoms with Crippen molar-refractivity contribution in [3.05, 3.63) is 30.3 Å². The van der Waals surface area contributed by atoms with Gasteiger partial charge in [0.2, 0.25) is 0 Å². The Hall–Kier alpha value is -1.04. The van der Waals surface area contributed by atoms with E-state index in [2.05, 4.69) is 4.72 Å². The molecule has 0 heterocycles. The maximum absolute atomic E-state index is 11.5. The molecular weight excluding hydrogens is 202 g/mol. The molecule has 0 radical (unpaired) electrons. The summed E-state index contributed by atoms with van der Waals surface area (Å²) in [5.41, 5.74) is 0. The SMILES string of the molecule is C[C@H](N[S+]([O-])c1ccccc1)C(=O)O. The first-order valence-electron chi connectivity index (χ1n) is 4.07. The Labute approximate surface area is 85.3 Å². The molecule has 0 fully saturated rings. The van der Waals surface area contributed by atoms with Gasteiger partial charge in [-0.15, -0.1) is 4.72 Å². The summed E-state index contributed by atoms with van der Waals surface area (Å²) in [4.78, 5) is 11.0. The predicted molar refractivity (Wildman–Crippen MR) is 53.1 cm³/mol. The van der Waals surface area contributed by atoms with E-state index in [0.717, 1.165) is 0 Å². The fourth-order valence-electron chi connectivity index (χ4n) is 0.823. The lowest BCUT2D eigenvalue weighted by atomic mass is 10.4. The van der Waals surface area contributed by atoms with Gasteiger partial charge in [-0.1, -0.05) is 18.2 Å². The fraction of sp³-hybridized carbons (Fsp3) is 0.222. The van der Waals surface area contributed by atoms with Crippen LogP contribution in [0.2, 0.25) is 0 Å². The molecule has 0 bridgehead atoms. The van der Waals surface area contributed by atoms with Gasteiger partial charge < -0.3 is 9.66 Å². The molecule has 0 aliphatic carbocycles. The predicted octanol–water partition coefficient (Wildman–Crippen LogP) is 0.772. The number of hydrogen-bond donors (Lipinski definition) is 2. The van der Waals surface area contributed by atoms with Gasteiger partial charge >= 0.3 is 5.97 Å². The molecule has 0 saturated carbocycles. The molecule has 0 amide bonds. The molecule has 1 aromatic rings. The van der Waals surface area contributed by atoms with E-state index < -0.39 is 23.4 Å². The van der Waals surface area contributed by atoms with Crippen molar-refractivity contribution in [2.24, 2.45) is 0 Å². The van der Waals surface area contributed by atoms with Gasteiger partial charge in [-0.05, 0) is 19.1 Å². The smallest absolute Gasteiger partial charge is 0.324 e. The third-order valence-electron chi connectivity index (χ3n) is 1.61. The number of aliphatic carboxylic acids is 1. The van der Waals surface area contributed by atoms with Crippen LogP contribution in [0.25, 0.3) is 0 Å². The van der Waals surface area contributed by atoms with Gasteiger partial charge in [0.1, 0.15) is 6.04 Å². The molecule has 14 heavy (non-hydrogen) atoms. The van der Waals surface area contributed by atoms with Crippen molar-refractivity contribution in [1.29, 1.82) is 0 Å². The zero-order valence-corrected chi connectivity index (χ0v) is 8.45. The number of benzene rings is 1. The highest BCUT2D eigenvalue weighted by Crippen LogP contribution is 2.07. The van der Waals surface area contributed by atoms with Crippen molar-refractivity contribution < 1.29 is 14.5 Å². The Morgan fingerprint density at radius 3 is 2.57 bits per heavy atom. The van der Waals surface area contributed by atoms with Gasteiger partial charge in [-0.2, -0.15) is 0 Å². The van der Waals surface area contributed by atoms with Crippen molar-refractivity contribution in [3.8, 4) is 0 Å². The molecular formula is C9H11NO3S. The van der Waals surface area contributed by atoms with E-state index in [0.29, 0.717) is 4.90 Å². The quantitative estimate of drug-likeness (QED) is 0.725. The molecule has 76 valence electrons. The average Bonchev–Trinajstić information content (AvgIpc) is 2.19. The Bertz CT molecular complexity index is 304. The van der Waals surface area contributed by atoms with E-state index >= 15 is 0 Å². The first-order valence-corrected chi connectivity index (χ1v) is 5.22. The number of nitrogens with one attached hydrogen (secondary N) is 1. The van der Waals surface area contributed by atoms with Gasteiger partial charge in [0, 0.05) is 0 Å². The first kappa shape index (κ1) is 11.0. The zero-order chi connectivity index (χ0) is 10.6. The second-order valence-electron chi connectivity index (χ2n) is 2.76. The highest BCUT2D eigenvalue weighted by molar-refractivity contribution is 7.89. The third kappa shape index (κ3) is 3.02. The number of carboxylic acid groups (broad SMARTS) is 1. The normalized spacial score (nSPS) is 14.7. The lowest BCUT2D eigenvalue weighted by molar-refractivity contribution is -0.138. The summed E-state index contributed by atoms with van der Waals surface area (Å²) in [7, 11) is 0. The number of carboxylic acids is 1. The lowest BCUT2D eigenvalue weighted by Gasteiger charge is -2.12. The minimum atomic E-state index is -1.46. The van der Waals surface area contributed by atoms with Crippen molar-refractivity contribution in [3.63, 3.8) is 0 Å². The highest BCUT2D eigenvalue weighted by atomic mass is 32.2. The van der Waals surface area contributed by atoms with Gasteiger partial charge in [-0.25, -0.2) is 0 Å². The van der Waals surface area contributed by atoms with Crippen molar-refractivity contribution in [2.75, 3.05) is 0 Å². The van der Waals surface area contributed by atoms with Crippen molar-refractivity contribution >= 4 is 17.3 Å². The van der Waals surface area contributed by atoms with Crippen LogP contribution in [0, 0.1) is 0 Å². The monoisotopic (exact) mass is 213 g/mol. The average molecular weight is 213 g/mol. The minimum absolute atomic E-state index is 0.570. The van der Waals surface area contributed by atoms with E-state index in [1.165, 1.54) is 6.92 Å². The summed E-state index contributed by atoms with van der Waals surface area (Å²) in [6.07, 6.45) is 0. The lowest BCUT2D eigenvalue weighted by Crippen LogP contribution is -2.38. The van der Waals surface area contributed by atoms with Crippen LogP contribution in [-0.4, -0.2) is 21.7 Å². The maximum Gasteiger partial charge on any atom is 0.324 e. The molecule has 0 aliphatic rings. The molecule has 2 N–H and O–H groups in total. The molecule has 0 aromatic heterocycles. The van der Waals surface area contributed by atoms with Gasteiger partial charge in [0.05, 0.1) is 11.4 Å². The first-order chi connectivity index (χ1) is 6.61. The topological polar surface area (TPSA) is 72.4 Å². The highest BCUT2D eigenvalue weighted by Gasteiger charge is 2.19. The van der Waals surface area contributed by atoms with Crippen LogP contribution in [-0.2, 0) is 16.2 Å². The molecule has 0 spiro atoms. The van der Waals surface area contributed by atoms with E-state index in [4.69, 9.17) is 5.11 Å². The zero-order valence-electron chi connectivity index (χ0n) is 7.64. The minimum Gasteiger partial charge on any atom is -0.593 e. The second kappa shape index (κ2) is 4.99. The maximum atomic E-state index is 11.5. The molecule has 5 heteroatoms. The van der Waals surface area contributed by atoms with E-state index in [9.17, 15) is 9.35 Å². The summed E-state index contributed by atoms with van der Waals surface area (Å²) < 4.78 is 14.0. The molecule has 0 saturated heterocycles. The van der Waals surface area contributed by atoms with Crippen LogP contribution >= 0.6 is 0 Å². The largest absolute Gasteiger partial charge is 0.593 e. The summed E-state index contributed by atoms with van der Waals surface area (Å²) in [6, 6.07) is 7.84. The molecule has 4 nitrogen and oxygen atoms in total. The summed E-state index contributed by atoms with van der Waals surface area (Å²) >= 11 is -1.46. The summed E-state index contributed by atoms with van der Waals surface area (Å²) in [5.74, 6) is -1.02. The third-order valence-corrected chi connectivity index (χ3v) is 2.88. The van der Waals surface area contributed by atoms with Crippen LogP contribution < -0.4 is 4.72 Å². The van der Waals surface area contributed by atoms with Gasteiger partial charge in [0.15, 0.2) is 4.90 Å². The van der Waals surface area contributed by atoms with Crippen molar-refractivity contribution in [1.82, 2.24) is 4.72 Å². The van der Waals surface area contributed by atoms with Crippen molar-refractivity contribution in [2.45, 2.75) is 17.9 Å². The Morgan fingerprint density at radius 2 is 2.07 bits per heavy atom. The van der Waals surface area contributed by atoms with Crippen LogP contribution in [0.15, 0.2) is 35.2 Å². The number of hydrogen-bond acceptors (Lipinski definition) is 3. The molecule has 1 rings (SSSR count). The van der Waals surface area contributed by atoms with Gasteiger partial charge in [0.25, 0.3) is 0 Å². The van der Waals surface area contributed by atoms with Crippen LogP contribution in [0.4, 0.5) is 0 Å². The van der Waals surface area contributed by atoms with Crippen LogP contribution in [0.3, 0.4) is 0 Å². The number of carbonyl (C=O) groups is 1. The van der Waals surface area contributed by atoms with E-state index in [-0.39, 0.29) is 0 Å². The second-order valence-corrected chi connectivity index (χ2v) is 4.00. The van der Waals surface area contributed by atoms with Crippen LogP contribution in [0.5, 0.6) is 0 Å². The Kier molecular flexibility index (Phi) is 3.94. The molecule has 1 unspecified atom stereocenters. The van der Waals surface area contributed by atoms with E-state index in [1.54, 1.807) is 30.3 Å². The molecule has 1 aromatic carbocycles. The molecule has 0 aliphatic heterocycles. The number of rotatable bonds is 4. The summed E-state index contributed by atoms with van der Waals surface area (Å²) in [5, 5.41) is 8.58. The Morgan fingerprint density at radius 1 is 1.50 bits per heavy atom. The van der Waals surface area contributed by atoms with Crippen LogP contribution in [0.1, 0.15) is 6.92 Å².